The van der Waals surface area contributed by atoms with Crippen molar-refractivity contribution in [3.63, 3.8) is 0 Å². The molecule has 3 aromatic rings. The first-order valence-electron chi connectivity index (χ1n) is 10.0. The van der Waals surface area contributed by atoms with Gasteiger partial charge in [-0.2, -0.15) is 0 Å². The molecule has 1 aliphatic heterocycles. The molecule has 0 amide bonds. The number of hydrogen-bond donors (Lipinski definition) is 0. The molecule has 2 aromatic carbocycles. The average Bonchev–Trinajstić information content (AvgIpc) is 3.18. The molecule has 1 atom stereocenters. The van der Waals surface area contributed by atoms with E-state index in [1.54, 1.807) is 29.7 Å². The molecule has 33 heavy (non-hydrogen) atoms. The van der Waals surface area contributed by atoms with Gasteiger partial charge in [-0.05, 0) is 63.4 Å². The lowest BCUT2D eigenvalue weighted by atomic mass is 9.99. The van der Waals surface area contributed by atoms with E-state index in [-0.39, 0.29) is 21.3 Å². The van der Waals surface area contributed by atoms with Crippen LogP contribution in [0.2, 0.25) is 10.0 Å². The molecule has 1 aliphatic rings. The number of benzene rings is 2. The van der Waals surface area contributed by atoms with Crippen molar-refractivity contribution in [3.8, 4) is 5.69 Å². The topological polar surface area (TPSA) is 55.4 Å². The van der Waals surface area contributed by atoms with E-state index < -0.39 is 17.7 Å². The van der Waals surface area contributed by atoms with Crippen molar-refractivity contribution < 1.29 is 8.78 Å². The molecular formula is C24H19Cl2F2N5. The summed E-state index contributed by atoms with van der Waals surface area (Å²) in [6.45, 7) is 8.97. The molecule has 0 radical (unpaired) electrons. The summed E-state index contributed by atoms with van der Waals surface area (Å²) in [4.78, 5) is 8.50. The van der Waals surface area contributed by atoms with E-state index in [4.69, 9.17) is 23.2 Å². The van der Waals surface area contributed by atoms with Crippen LogP contribution in [0.25, 0.3) is 11.3 Å². The van der Waals surface area contributed by atoms with Crippen molar-refractivity contribution in [1.29, 1.82) is 0 Å². The van der Waals surface area contributed by atoms with Crippen LogP contribution in [0.4, 0.5) is 8.78 Å². The van der Waals surface area contributed by atoms with E-state index in [2.05, 4.69) is 26.9 Å². The highest BCUT2D eigenvalue weighted by Crippen LogP contribution is 2.39. The van der Waals surface area contributed by atoms with Crippen molar-refractivity contribution in [3.05, 3.63) is 92.6 Å². The number of allylic oxidation sites excluding steroid dienone is 4. The van der Waals surface area contributed by atoms with Crippen LogP contribution in [-0.2, 0) is 0 Å². The normalized spacial score (nSPS) is 16.1. The molecule has 4 rings (SSSR count). The Morgan fingerprint density at radius 1 is 1.06 bits per heavy atom. The molecule has 5 nitrogen and oxygen atoms in total. The third kappa shape index (κ3) is 4.03. The van der Waals surface area contributed by atoms with Crippen molar-refractivity contribution in [1.82, 2.24) is 14.8 Å². The lowest BCUT2D eigenvalue weighted by Crippen LogP contribution is -2.13. The van der Waals surface area contributed by atoms with Crippen molar-refractivity contribution in [2.75, 3.05) is 0 Å². The van der Waals surface area contributed by atoms with Gasteiger partial charge in [0.15, 0.2) is 11.6 Å². The first-order chi connectivity index (χ1) is 15.7. The van der Waals surface area contributed by atoms with Gasteiger partial charge in [0, 0.05) is 11.3 Å². The summed E-state index contributed by atoms with van der Waals surface area (Å²) in [6.07, 6.45) is 3.64. The smallest absolute Gasteiger partial charge is 0.164 e. The van der Waals surface area contributed by atoms with Gasteiger partial charge in [-0.1, -0.05) is 35.3 Å². The summed E-state index contributed by atoms with van der Waals surface area (Å²) in [6, 6.07) is 6.40. The van der Waals surface area contributed by atoms with Crippen LogP contribution in [0.15, 0.2) is 58.2 Å². The molecule has 2 heterocycles. The number of halogens is 4. The molecular weight excluding hydrogens is 467 g/mol. The van der Waals surface area contributed by atoms with Crippen molar-refractivity contribution in [2.24, 2.45) is 9.98 Å². The van der Waals surface area contributed by atoms with Crippen LogP contribution in [-0.4, -0.2) is 27.2 Å². The predicted octanol–water partition coefficient (Wildman–Crippen LogP) is 6.77. The van der Waals surface area contributed by atoms with E-state index in [1.807, 2.05) is 19.9 Å². The minimum Gasteiger partial charge on any atom is -0.277 e. The Bertz CT molecular complexity index is 1350. The van der Waals surface area contributed by atoms with Crippen molar-refractivity contribution in [2.45, 2.75) is 26.8 Å². The van der Waals surface area contributed by atoms with Gasteiger partial charge < -0.3 is 0 Å². The Balaban J connectivity index is 2.05. The van der Waals surface area contributed by atoms with Crippen LogP contribution in [0.5, 0.6) is 0 Å². The second-order valence-corrected chi connectivity index (χ2v) is 8.32. The van der Waals surface area contributed by atoms with Crippen LogP contribution in [0.3, 0.4) is 0 Å². The SMILES string of the molecule is C=N/C(C)=C\C=C(/C)c1nnc2n1-c1ccc(Cl)c(Cl)c1C(c1c(F)cccc1F)=N[C@H]2C. The molecule has 0 unspecified atom stereocenters. The molecule has 0 N–H and O–H groups in total. The zero-order chi connectivity index (χ0) is 23.9. The minimum absolute atomic E-state index is 0.0604. The van der Waals surface area contributed by atoms with E-state index in [1.165, 1.54) is 18.2 Å². The molecule has 0 bridgehead atoms. The van der Waals surface area contributed by atoms with Crippen LogP contribution in [0, 0.1) is 11.6 Å². The van der Waals surface area contributed by atoms with E-state index >= 15 is 0 Å². The molecule has 0 saturated heterocycles. The van der Waals surface area contributed by atoms with E-state index in [0.717, 1.165) is 11.3 Å². The maximum Gasteiger partial charge on any atom is 0.164 e. The van der Waals surface area contributed by atoms with Crippen LogP contribution >= 0.6 is 23.2 Å². The van der Waals surface area contributed by atoms with Gasteiger partial charge in [0.1, 0.15) is 17.7 Å². The van der Waals surface area contributed by atoms with Gasteiger partial charge in [-0.15, -0.1) is 10.2 Å². The fourth-order valence-corrected chi connectivity index (χ4v) is 4.02. The average molecular weight is 486 g/mol. The van der Waals surface area contributed by atoms with Crippen LogP contribution < -0.4 is 0 Å². The fraction of sp³-hybridized carbons (Fsp3) is 0.167. The molecule has 0 fully saturated rings. The molecule has 0 saturated carbocycles. The Labute approximate surface area is 199 Å². The Morgan fingerprint density at radius 2 is 1.76 bits per heavy atom. The monoisotopic (exact) mass is 485 g/mol. The summed E-state index contributed by atoms with van der Waals surface area (Å²) in [5.74, 6) is -0.495. The molecule has 9 heteroatoms. The third-order valence-electron chi connectivity index (χ3n) is 5.31. The lowest BCUT2D eigenvalue weighted by Gasteiger charge is -2.16. The summed E-state index contributed by atoms with van der Waals surface area (Å²) in [5, 5.41) is 9.05. The maximum absolute atomic E-state index is 14.8. The highest BCUT2D eigenvalue weighted by atomic mass is 35.5. The zero-order valence-electron chi connectivity index (χ0n) is 18.1. The summed E-state index contributed by atoms with van der Waals surface area (Å²) < 4.78 is 31.4. The first kappa shape index (κ1) is 23.0. The number of rotatable bonds is 4. The Morgan fingerprint density at radius 3 is 2.42 bits per heavy atom. The predicted molar refractivity (Wildman–Crippen MR) is 129 cm³/mol. The van der Waals surface area contributed by atoms with Gasteiger partial charge in [0.2, 0.25) is 0 Å². The highest BCUT2D eigenvalue weighted by molar-refractivity contribution is 6.45. The lowest BCUT2D eigenvalue weighted by molar-refractivity contribution is 0.578. The number of hydrogen-bond acceptors (Lipinski definition) is 4. The fourth-order valence-electron chi connectivity index (χ4n) is 3.61. The van der Waals surface area contributed by atoms with Gasteiger partial charge >= 0.3 is 0 Å². The van der Waals surface area contributed by atoms with Gasteiger partial charge in [-0.25, -0.2) is 8.78 Å². The number of nitrogens with zero attached hydrogens (tertiary/aromatic N) is 5. The van der Waals surface area contributed by atoms with E-state index in [0.29, 0.717) is 22.9 Å². The molecule has 168 valence electrons. The summed E-state index contributed by atoms with van der Waals surface area (Å²) in [7, 11) is 0. The quantitative estimate of drug-likeness (QED) is 0.302. The third-order valence-corrected chi connectivity index (χ3v) is 6.12. The second-order valence-electron chi connectivity index (χ2n) is 7.54. The molecule has 0 spiro atoms. The first-order valence-corrected chi connectivity index (χ1v) is 10.8. The number of aromatic nitrogens is 3. The zero-order valence-corrected chi connectivity index (χ0v) is 19.6. The summed E-state index contributed by atoms with van der Waals surface area (Å²) >= 11 is 12.9. The van der Waals surface area contributed by atoms with Crippen molar-refractivity contribution >= 4 is 41.2 Å². The Hall–Kier alpha value is -3.16. The second kappa shape index (κ2) is 9.00. The van der Waals surface area contributed by atoms with Crippen LogP contribution in [0.1, 0.15) is 49.6 Å². The molecule has 1 aromatic heterocycles. The standard InChI is InChI=1S/C24H19Cl2F2N5/c1-12(8-9-13(2)29-4)23-31-32-24-14(3)30-22(19-16(27)6-5-7-17(19)28)20-18(33(23)24)11-10-15(25)21(20)26/h5-11,14H,4H2,1-3H3/b12-8+,13-9-/t14-/m0/s1. The van der Waals surface area contributed by atoms with E-state index in [9.17, 15) is 8.78 Å². The maximum atomic E-state index is 14.8. The number of fused-ring (bicyclic) bond motifs is 3. The van der Waals surface area contributed by atoms with Gasteiger partial charge in [0.25, 0.3) is 0 Å². The highest BCUT2D eigenvalue weighted by Gasteiger charge is 2.31. The summed E-state index contributed by atoms with van der Waals surface area (Å²) in [5.41, 5.74) is 2.10. The number of aliphatic imine (C=N–C) groups is 2. The minimum atomic E-state index is -0.755. The molecule has 0 aliphatic carbocycles. The largest absolute Gasteiger partial charge is 0.277 e. The Kier molecular flexibility index (Phi) is 6.28. The van der Waals surface area contributed by atoms with Gasteiger partial charge in [-0.3, -0.25) is 14.6 Å². The van der Waals surface area contributed by atoms with Gasteiger partial charge in [0.05, 0.1) is 27.0 Å².